The Morgan fingerprint density at radius 3 is 2.53 bits per heavy atom. The van der Waals surface area contributed by atoms with Crippen molar-refractivity contribution in [1.82, 2.24) is 4.72 Å². The summed E-state index contributed by atoms with van der Waals surface area (Å²) in [5.41, 5.74) is 0.470. The molecular formula is C12H17BrClNO2S2. The lowest BCUT2D eigenvalue weighted by Gasteiger charge is -2.35. The molecule has 0 spiro atoms. The van der Waals surface area contributed by atoms with Gasteiger partial charge in [0.2, 0.25) is 0 Å². The SMILES string of the molecule is Cc1cc(S(=O)(=O)NC2(CCl)CCCCC2)sc1Br. The van der Waals surface area contributed by atoms with Crippen LogP contribution >= 0.6 is 38.9 Å². The second-order valence-electron chi connectivity index (χ2n) is 5.10. The van der Waals surface area contributed by atoms with Gasteiger partial charge in [-0.1, -0.05) is 19.3 Å². The Labute approximate surface area is 131 Å². The average molecular weight is 387 g/mol. The minimum Gasteiger partial charge on any atom is -0.206 e. The lowest BCUT2D eigenvalue weighted by molar-refractivity contribution is 0.298. The zero-order chi connectivity index (χ0) is 14.1. The van der Waals surface area contributed by atoms with Crippen LogP contribution in [0.1, 0.15) is 37.7 Å². The molecule has 0 amide bonds. The number of hydrogen-bond donors (Lipinski definition) is 1. The van der Waals surface area contributed by atoms with Crippen molar-refractivity contribution in [2.75, 3.05) is 5.88 Å². The zero-order valence-electron chi connectivity index (χ0n) is 10.7. The first-order valence-corrected chi connectivity index (χ1v) is 9.87. The van der Waals surface area contributed by atoms with Crippen molar-refractivity contribution in [3.8, 4) is 0 Å². The van der Waals surface area contributed by atoms with Crippen molar-refractivity contribution >= 4 is 48.9 Å². The van der Waals surface area contributed by atoms with E-state index in [1.807, 2.05) is 6.92 Å². The van der Waals surface area contributed by atoms with Gasteiger partial charge in [-0.3, -0.25) is 0 Å². The molecule has 0 radical (unpaired) electrons. The van der Waals surface area contributed by atoms with E-state index in [9.17, 15) is 8.42 Å². The van der Waals surface area contributed by atoms with Crippen molar-refractivity contribution in [3.63, 3.8) is 0 Å². The molecule has 0 saturated heterocycles. The number of aryl methyl sites for hydroxylation is 1. The number of hydrogen-bond acceptors (Lipinski definition) is 3. The Morgan fingerprint density at radius 1 is 1.42 bits per heavy atom. The summed E-state index contributed by atoms with van der Waals surface area (Å²) in [5.74, 6) is 0.331. The summed E-state index contributed by atoms with van der Waals surface area (Å²) < 4.78 is 29.0. The van der Waals surface area contributed by atoms with E-state index in [0.29, 0.717) is 10.1 Å². The van der Waals surface area contributed by atoms with E-state index in [0.717, 1.165) is 41.5 Å². The van der Waals surface area contributed by atoms with Gasteiger partial charge in [0.15, 0.2) is 0 Å². The summed E-state index contributed by atoms with van der Waals surface area (Å²) in [6, 6.07) is 1.70. The fourth-order valence-electron chi connectivity index (χ4n) is 2.39. The quantitative estimate of drug-likeness (QED) is 0.794. The molecule has 3 nitrogen and oxygen atoms in total. The van der Waals surface area contributed by atoms with Gasteiger partial charge in [-0.15, -0.1) is 22.9 Å². The van der Waals surface area contributed by atoms with E-state index in [1.165, 1.54) is 11.3 Å². The Balaban J connectivity index is 2.24. The average Bonchev–Trinajstić information content (AvgIpc) is 2.71. The van der Waals surface area contributed by atoms with Crippen LogP contribution in [0.25, 0.3) is 0 Å². The van der Waals surface area contributed by atoms with E-state index in [1.54, 1.807) is 6.07 Å². The Bertz CT molecular complexity index is 531. The molecule has 0 aliphatic heterocycles. The second kappa shape index (κ2) is 6.02. The summed E-state index contributed by atoms with van der Waals surface area (Å²) in [5, 5.41) is 0. The molecule has 1 aliphatic rings. The van der Waals surface area contributed by atoms with Gasteiger partial charge >= 0.3 is 0 Å². The highest BCUT2D eigenvalue weighted by atomic mass is 79.9. The molecule has 1 aromatic heterocycles. The van der Waals surface area contributed by atoms with E-state index in [2.05, 4.69) is 20.7 Å². The third kappa shape index (κ3) is 3.53. The Morgan fingerprint density at radius 2 is 2.05 bits per heavy atom. The highest BCUT2D eigenvalue weighted by molar-refractivity contribution is 9.11. The number of thiophene rings is 1. The predicted molar refractivity (Wildman–Crippen MR) is 83.6 cm³/mol. The van der Waals surface area contributed by atoms with Gasteiger partial charge in [0.25, 0.3) is 10.0 Å². The van der Waals surface area contributed by atoms with Gasteiger partial charge in [-0.05, 0) is 47.3 Å². The van der Waals surface area contributed by atoms with Crippen LogP contribution in [-0.2, 0) is 10.0 Å². The standard InChI is InChI=1S/C12H17BrClNO2S2/c1-9-7-10(18-11(9)13)19(16,17)15-12(8-14)5-3-2-4-6-12/h7,15H,2-6,8H2,1H3. The number of rotatable bonds is 4. The maximum atomic E-state index is 12.4. The molecule has 19 heavy (non-hydrogen) atoms. The highest BCUT2D eigenvalue weighted by Crippen LogP contribution is 2.34. The molecule has 108 valence electrons. The summed E-state index contributed by atoms with van der Waals surface area (Å²) in [6.45, 7) is 1.89. The van der Waals surface area contributed by atoms with Gasteiger partial charge < -0.3 is 0 Å². The molecule has 0 aromatic carbocycles. The lowest BCUT2D eigenvalue weighted by Crippen LogP contribution is -2.50. The number of alkyl halides is 1. The summed E-state index contributed by atoms with van der Waals surface area (Å²) >= 11 is 10.6. The van der Waals surface area contributed by atoms with Crippen molar-refractivity contribution < 1.29 is 8.42 Å². The first-order valence-electron chi connectivity index (χ1n) is 6.24. The van der Waals surface area contributed by atoms with E-state index < -0.39 is 15.6 Å². The van der Waals surface area contributed by atoms with Gasteiger partial charge in [0, 0.05) is 11.4 Å². The number of halogens is 2. The van der Waals surface area contributed by atoms with E-state index in [-0.39, 0.29) is 0 Å². The summed E-state index contributed by atoms with van der Waals surface area (Å²) in [6.07, 6.45) is 4.86. The van der Waals surface area contributed by atoms with Crippen molar-refractivity contribution in [2.24, 2.45) is 0 Å². The van der Waals surface area contributed by atoms with Crippen LogP contribution in [0.2, 0.25) is 0 Å². The minimum atomic E-state index is -3.48. The monoisotopic (exact) mass is 385 g/mol. The predicted octanol–water partition coefficient (Wildman–Crippen LogP) is 4.04. The van der Waals surface area contributed by atoms with Crippen LogP contribution in [-0.4, -0.2) is 19.8 Å². The lowest BCUT2D eigenvalue weighted by atomic mass is 9.84. The molecule has 0 unspecified atom stereocenters. The first kappa shape index (κ1) is 15.8. The maximum Gasteiger partial charge on any atom is 0.250 e. The zero-order valence-corrected chi connectivity index (χ0v) is 14.7. The smallest absolute Gasteiger partial charge is 0.206 e. The van der Waals surface area contributed by atoms with Crippen LogP contribution in [0.3, 0.4) is 0 Å². The van der Waals surface area contributed by atoms with Gasteiger partial charge in [0.1, 0.15) is 4.21 Å². The molecule has 7 heteroatoms. The molecule has 0 atom stereocenters. The van der Waals surface area contributed by atoms with Crippen LogP contribution in [0.5, 0.6) is 0 Å². The fourth-order valence-corrected chi connectivity index (χ4v) is 6.49. The number of nitrogens with one attached hydrogen (secondary N) is 1. The molecule has 1 aromatic rings. The third-order valence-electron chi connectivity index (χ3n) is 3.52. The van der Waals surface area contributed by atoms with Gasteiger partial charge in [-0.2, -0.15) is 0 Å². The topological polar surface area (TPSA) is 46.2 Å². The Kier molecular flexibility index (Phi) is 4.99. The fraction of sp³-hybridized carbons (Fsp3) is 0.667. The Hall–Kier alpha value is 0.380. The highest BCUT2D eigenvalue weighted by Gasteiger charge is 2.36. The van der Waals surface area contributed by atoms with E-state index >= 15 is 0 Å². The largest absolute Gasteiger partial charge is 0.250 e. The van der Waals surface area contributed by atoms with Gasteiger partial charge in [-0.25, -0.2) is 13.1 Å². The first-order chi connectivity index (χ1) is 8.88. The van der Waals surface area contributed by atoms with Crippen molar-refractivity contribution in [2.45, 2.75) is 48.8 Å². The summed E-state index contributed by atoms with van der Waals surface area (Å²) in [7, 11) is -3.48. The third-order valence-corrected chi connectivity index (χ3v) is 8.22. The van der Waals surface area contributed by atoms with Crippen molar-refractivity contribution in [1.29, 1.82) is 0 Å². The molecule has 1 aliphatic carbocycles. The maximum absolute atomic E-state index is 12.4. The summed E-state index contributed by atoms with van der Waals surface area (Å²) in [4.78, 5) is 0. The van der Waals surface area contributed by atoms with E-state index in [4.69, 9.17) is 11.6 Å². The minimum absolute atomic E-state index is 0.331. The molecule has 1 N–H and O–H groups in total. The normalized spacial score (nSPS) is 19.5. The number of sulfonamides is 1. The van der Waals surface area contributed by atoms with Gasteiger partial charge in [0.05, 0.1) is 3.79 Å². The molecular weight excluding hydrogens is 370 g/mol. The molecule has 1 saturated carbocycles. The molecule has 1 fully saturated rings. The van der Waals surface area contributed by atoms with Crippen LogP contribution in [0, 0.1) is 6.92 Å². The molecule has 2 rings (SSSR count). The van der Waals surface area contributed by atoms with Crippen LogP contribution < -0.4 is 4.72 Å². The van der Waals surface area contributed by atoms with Crippen molar-refractivity contribution in [3.05, 3.63) is 15.4 Å². The molecule has 1 heterocycles. The van der Waals surface area contributed by atoms with Crippen LogP contribution in [0.15, 0.2) is 14.1 Å². The molecule has 0 bridgehead atoms. The second-order valence-corrected chi connectivity index (χ2v) is 9.65. The van der Waals surface area contributed by atoms with Crippen LogP contribution in [0.4, 0.5) is 0 Å².